The van der Waals surface area contributed by atoms with Gasteiger partial charge in [-0.05, 0) is 37.8 Å². The van der Waals surface area contributed by atoms with Crippen molar-refractivity contribution in [3.8, 4) is 0 Å². The van der Waals surface area contributed by atoms with Gasteiger partial charge in [0.05, 0.1) is 13.2 Å². The predicted molar refractivity (Wildman–Crippen MR) is 109 cm³/mol. The number of carbonyl (C=O) groups is 1. The molecule has 0 atom stereocenters. The molecule has 3 fully saturated rings. The third kappa shape index (κ3) is 3.85. The molecule has 2 aromatic rings. The molecule has 3 aliphatic rings. The van der Waals surface area contributed by atoms with E-state index in [9.17, 15) is 4.79 Å². The lowest BCUT2D eigenvalue weighted by Crippen LogP contribution is -2.48. The fourth-order valence-electron chi connectivity index (χ4n) is 4.86. The number of amides is 1. The summed E-state index contributed by atoms with van der Waals surface area (Å²) in [5.41, 5.74) is 1.77. The van der Waals surface area contributed by atoms with Crippen molar-refractivity contribution >= 4 is 23.0 Å². The van der Waals surface area contributed by atoms with Crippen LogP contribution in [0.4, 0.5) is 6.01 Å². The fourth-order valence-corrected chi connectivity index (χ4v) is 4.86. The summed E-state index contributed by atoms with van der Waals surface area (Å²) in [6.45, 7) is 6.03. The second kappa shape index (κ2) is 7.95. The highest BCUT2D eigenvalue weighted by Gasteiger charge is 2.39. The van der Waals surface area contributed by atoms with Crippen LogP contribution in [-0.4, -0.2) is 68.4 Å². The lowest BCUT2D eigenvalue weighted by Gasteiger charge is -2.40. The van der Waals surface area contributed by atoms with E-state index >= 15 is 0 Å². The molecular weight excluding hydrogens is 370 g/mol. The number of hydrogen-bond acceptors (Lipinski definition) is 6. The second-order valence-corrected chi connectivity index (χ2v) is 8.65. The van der Waals surface area contributed by atoms with E-state index in [0.717, 1.165) is 76.2 Å². The first-order chi connectivity index (χ1) is 14.2. The number of ether oxygens (including phenoxy) is 2. The normalized spacial score (nSPS) is 23.4. The van der Waals surface area contributed by atoms with Crippen molar-refractivity contribution in [2.45, 2.75) is 25.7 Å². The van der Waals surface area contributed by atoms with Gasteiger partial charge < -0.3 is 23.7 Å². The Morgan fingerprint density at radius 2 is 1.83 bits per heavy atom. The summed E-state index contributed by atoms with van der Waals surface area (Å²) in [6.07, 6.45) is 3.63. The van der Waals surface area contributed by atoms with Crippen LogP contribution in [0.5, 0.6) is 0 Å². The quantitative estimate of drug-likeness (QED) is 0.774. The fraction of sp³-hybridized carbons (Fsp3) is 0.636. The summed E-state index contributed by atoms with van der Waals surface area (Å²) in [7, 11) is 0. The SMILES string of the molecule is O=C(C1CCN(c2nc3ccccc3o2)CC1)N1CCOCC2(CCOCC2)C1. The Kier molecular flexibility index (Phi) is 5.18. The maximum absolute atomic E-state index is 13.3. The number of piperidine rings is 1. The van der Waals surface area contributed by atoms with Crippen molar-refractivity contribution in [1.29, 1.82) is 0 Å². The van der Waals surface area contributed by atoms with Gasteiger partial charge in [0, 0.05) is 50.7 Å². The molecule has 4 heterocycles. The highest BCUT2D eigenvalue weighted by Crippen LogP contribution is 2.35. The molecule has 5 rings (SSSR count). The number of fused-ring (bicyclic) bond motifs is 1. The molecule has 1 aromatic carbocycles. The zero-order valence-corrected chi connectivity index (χ0v) is 16.8. The van der Waals surface area contributed by atoms with Crippen LogP contribution < -0.4 is 4.90 Å². The van der Waals surface area contributed by atoms with Crippen LogP contribution in [0, 0.1) is 11.3 Å². The summed E-state index contributed by atoms with van der Waals surface area (Å²) in [4.78, 5) is 22.1. The van der Waals surface area contributed by atoms with Gasteiger partial charge in [-0.3, -0.25) is 4.79 Å². The van der Waals surface area contributed by atoms with Gasteiger partial charge in [0.15, 0.2) is 5.58 Å². The number of oxazole rings is 1. The molecule has 0 bridgehead atoms. The van der Waals surface area contributed by atoms with Crippen LogP contribution >= 0.6 is 0 Å². The summed E-state index contributed by atoms with van der Waals surface area (Å²) in [5.74, 6) is 0.365. The first-order valence-corrected chi connectivity index (χ1v) is 10.8. The van der Waals surface area contributed by atoms with Crippen LogP contribution in [0.3, 0.4) is 0 Å². The average molecular weight is 399 g/mol. The Morgan fingerprint density at radius 1 is 1.03 bits per heavy atom. The van der Waals surface area contributed by atoms with Gasteiger partial charge in [-0.2, -0.15) is 4.98 Å². The van der Waals surface area contributed by atoms with E-state index in [0.29, 0.717) is 25.1 Å². The number of carbonyl (C=O) groups excluding carboxylic acids is 1. The van der Waals surface area contributed by atoms with Crippen LogP contribution in [0.15, 0.2) is 28.7 Å². The molecular formula is C22H29N3O4. The van der Waals surface area contributed by atoms with E-state index in [1.165, 1.54) is 0 Å². The zero-order chi connectivity index (χ0) is 19.7. The Balaban J connectivity index is 1.22. The van der Waals surface area contributed by atoms with Crippen molar-refractivity contribution < 1.29 is 18.7 Å². The molecule has 1 aromatic heterocycles. The molecule has 0 saturated carbocycles. The smallest absolute Gasteiger partial charge is 0.298 e. The number of hydrogen-bond donors (Lipinski definition) is 0. The molecule has 3 aliphatic heterocycles. The standard InChI is InChI=1S/C22H29N3O4/c26-20(25-11-14-28-16-22(15-25)7-12-27-13-8-22)17-5-9-24(10-6-17)21-23-18-3-1-2-4-19(18)29-21/h1-4,17H,5-16H2. The Bertz CT molecular complexity index is 820. The van der Waals surface area contributed by atoms with Crippen LogP contribution in [0.2, 0.25) is 0 Å². The zero-order valence-electron chi connectivity index (χ0n) is 16.8. The third-order valence-electron chi connectivity index (χ3n) is 6.70. The van der Waals surface area contributed by atoms with Gasteiger partial charge in [0.25, 0.3) is 6.01 Å². The first kappa shape index (κ1) is 18.9. The lowest BCUT2D eigenvalue weighted by atomic mass is 9.80. The minimum Gasteiger partial charge on any atom is -0.423 e. The van der Waals surface area contributed by atoms with Crippen LogP contribution in [0.1, 0.15) is 25.7 Å². The summed E-state index contributed by atoms with van der Waals surface area (Å²) in [6, 6.07) is 8.50. The summed E-state index contributed by atoms with van der Waals surface area (Å²) < 4.78 is 17.3. The van der Waals surface area contributed by atoms with Gasteiger partial charge in [-0.25, -0.2) is 0 Å². The molecule has 29 heavy (non-hydrogen) atoms. The third-order valence-corrected chi connectivity index (χ3v) is 6.70. The lowest BCUT2D eigenvalue weighted by molar-refractivity contribution is -0.138. The second-order valence-electron chi connectivity index (χ2n) is 8.65. The monoisotopic (exact) mass is 399 g/mol. The van der Waals surface area contributed by atoms with Crippen LogP contribution in [0.25, 0.3) is 11.1 Å². The summed E-state index contributed by atoms with van der Waals surface area (Å²) in [5, 5.41) is 0. The molecule has 0 aliphatic carbocycles. The Labute approximate surface area is 170 Å². The number of rotatable bonds is 2. The first-order valence-electron chi connectivity index (χ1n) is 10.8. The van der Waals surface area contributed by atoms with E-state index < -0.39 is 0 Å². The highest BCUT2D eigenvalue weighted by molar-refractivity contribution is 5.79. The van der Waals surface area contributed by atoms with E-state index in [1.54, 1.807) is 0 Å². The number of nitrogens with zero attached hydrogens (tertiary/aromatic N) is 3. The minimum absolute atomic E-state index is 0.0727. The van der Waals surface area contributed by atoms with Crippen molar-refractivity contribution in [3.63, 3.8) is 0 Å². The van der Waals surface area contributed by atoms with Gasteiger partial charge in [0.1, 0.15) is 5.52 Å². The molecule has 7 nitrogen and oxygen atoms in total. The largest absolute Gasteiger partial charge is 0.423 e. The van der Waals surface area contributed by atoms with E-state index in [1.807, 2.05) is 24.3 Å². The Morgan fingerprint density at radius 3 is 2.62 bits per heavy atom. The molecule has 1 amide bonds. The molecule has 0 N–H and O–H groups in total. The molecule has 3 saturated heterocycles. The van der Waals surface area contributed by atoms with Crippen molar-refractivity contribution in [2.24, 2.45) is 11.3 Å². The Hall–Kier alpha value is -2.12. The summed E-state index contributed by atoms with van der Waals surface area (Å²) >= 11 is 0. The molecule has 0 unspecified atom stereocenters. The number of benzene rings is 1. The van der Waals surface area contributed by atoms with Gasteiger partial charge in [-0.15, -0.1) is 0 Å². The minimum atomic E-state index is 0.0727. The van der Waals surface area contributed by atoms with Gasteiger partial charge in [0.2, 0.25) is 5.91 Å². The maximum atomic E-state index is 13.3. The van der Waals surface area contributed by atoms with E-state index in [4.69, 9.17) is 13.9 Å². The van der Waals surface area contributed by atoms with Crippen molar-refractivity contribution in [3.05, 3.63) is 24.3 Å². The molecule has 156 valence electrons. The maximum Gasteiger partial charge on any atom is 0.298 e. The van der Waals surface area contributed by atoms with E-state index in [2.05, 4.69) is 14.8 Å². The number of para-hydroxylation sites is 2. The van der Waals surface area contributed by atoms with Gasteiger partial charge >= 0.3 is 0 Å². The highest BCUT2D eigenvalue weighted by atomic mass is 16.5. The average Bonchev–Trinajstić information content (AvgIpc) is 3.10. The predicted octanol–water partition coefficient (Wildman–Crippen LogP) is 2.70. The molecule has 0 radical (unpaired) electrons. The van der Waals surface area contributed by atoms with Crippen molar-refractivity contribution in [1.82, 2.24) is 9.88 Å². The number of aromatic nitrogens is 1. The van der Waals surface area contributed by atoms with Gasteiger partial charge in [-0.1, -0.05) is 12.1 Å². The van der Waals surface area contributed by atoms with Crippen LogP contribution in [-0.2, 0) is 14.3 Å². The van der Waals surface area contributed by atoms with Crippen molar-refractivity contribution in [2.75, 3.05) is 57.5 Å². The topological polar surface area (TPSA) is 68.0 Å². The van der Waals surface area contributed by atoms with E-state index in [-0.39, 0.29) is 11.3 Å². The molecule has 1 spiro atoms. The molecule has 7 heteroatoms. The number of anilines is 1.